The minimum atomic E-state index is -1.08. The van der Waals surface area contributed by atoms with Gasteiger partial charge in [-0.3, -0.25) is 4.79 Å². The van der Waals surface area contributed by atoms with E-state index in [1.54, 1.807) is 18.4 Å². The third-order valence-electron chi connectivity index (χ3n) is 1.88. The molecule has 0 aromatic carbocycles. The molecule has 0 aliphatic heterocycles. The van der Waals surface area contributed by atoms with Gasteiger partial charge in [0.2, 0.25) is 5.91 Å². The molecule has 5 nitrogen and oxygen atoms in total. The van der Waals surface area contributed by atoms with Gasteiger partial charge in [-0.2, -0.15) is 11.3 Å². The van der Waals surface area contributed by atoms with Gasteiger partial charge < -0.3 is 14.7 Å². The standard InChI is InChI=1S/C10H13NO4S/c1-11(4-8-2-3-16-7-8)9(12)5-15-6-10(13)14/h2-3,7H,4-6H2,1H3,(H,13,14). The summed E-state index contributed by atoms with van der Waals surface area (Å²) in [6.45, 7) is -0.135. The van der Waals surface area contributed by atoms with Crippen molar-refractivity contribution in [2.75, 3.05) is 20.3 Å². The van der Waals surface area contributed by atoms with Crippen molar-refractivity contribution in [2.45, 2.75) is 6.54 Å². The number of rotatable bonds is 6. The molecule has 1 aromatic rings. The third kappa shape index (κ3) is 4.41. The van der Waals surface area contributed by atoms with Gasteiger partial charge in [-0.15, -0.1) is 0 Å². The van der Waals surface area contributed by atoms with Crippen LogP contribution in [0.3, 0.4) is 0 Å². The zero-order chi connectivity index (χ0) is 12.0. The second kappa shape index (κ2) is 6.24. The van der Waals surface area contributed by atoms with Crippen LogP contribution in [-0.2, 0) is 20.9 Å². The lowest BCUT2D eigenvalue weighted by Crippen LogP contribution is -2.30. The van der Waals surface area contributed by atoms with E-state index in [4.69, 9.17) is 9.84 Å². The number of thiophene rings is 1. The Kier molecular flexibility index (Phi) is 4.94. The predicted molar refractivity (Wildman–Crippen MR) is 59.2 cm³/mol. The summed E-state index contributed by atoms with van der Waals surface area (Å²) in [5.74, 6) is -1.30. The lowest BCUT2D eigenvalue weighted by atomic mass is 10.3. The summed E-state index contributed by atoms with van der Waals surface area (Å²) in [5.41, 5.74) is 1.05. The summed E-state index contributed by atoms with van der Waals surface area (Å²) in [6.07, 6.45) is 0. The quantitative estimate of drug-likeness (QED) is 0.802. The molecule has 0 fully saturated rings. The van der Waals surface area contributed by atoms with Gasteiger partial charge in [0.25, 0.3) is 0 Å². The van der Waals surface area contributed by atoms with Crippen LogP contribution < -0.4 is 0 Å². The van der Waals surface area contributed by atoms with Crippen molar-refractivity contribution >= 4 is 23.2 Å². The van der Waals surface area contributed by atoms with Crippen molar-refractivity contribution in [3.8, 4) is 0 Å². The predicted octanol–water partition coefficient (Wildman–Crippen LogP) is 0.808. The topological polar surface area (TPSA) is 66.8 Å². The van der Waals surface area contributed by atoms with E-state index in [1.807, 2.05) is 16.8 Å². The molecule has 0 aliphatic rings. The first-order valence-corrected chi connectivity index (χ1v) is 5.58. The third-order valence-corrected chi connectivity index (χ3v) is 2.61. The summed E-state index contributed by atoms with van der Waals surface area (Å²) in [5, 5.41) is 12.2. The number of nitrogens with zero attached hydrogens (tertiary/aromatic N) is 1. The van der Waals surface area contributed by atoms with Crippen LogP contribution in [0.5, 0.6) is 0 Å². The summed E-state index contributed by atoms with van der Waals surface area (Å²) >= 11 is 1.57. The summed E-state index contributed by atoms with van der Waals surface area (Å²) in [7, 11) is 1.66. The zero-order valence-electron chi connectivity index (χ0n) is 8.88. The zero-order valence-corrected chi connectivity index (χ0v) is 9.70. The molecular weight excluding hydrogens is 230 g/mol. The fourth-order valence-corrected chi connectivity index (χ4v) is 1.74. The minimum Gasteiger partial charge on any atom is -0.480 e. The van der Waals surface area contributed by atoms with Crippen LogP contribution in [-0.4, -0.2) is 42.1 Å². The fourth-order valence-electron chi connectivity index (χ4n) is 1.08. The second-order valence-corrected chi connectivity index (χ2v) is 4.05. The average Bonchev–Trinajstić information content (AvgIpc) is 2.69. The van der Waals surface area contributed by atoms with Crippen LogP contribution in [0.4, 0.5) is 0 Å². The first-order chi connectivity index (χ1) is 7.59. The number of carboxylic acids is 1. The minimum absolute atomic E-state index is 0.201. The Morgan fingerprint density at radius 1 is 1.50 bits per heavy atom. The molecule has 6 heteroatoms. The molecule has 1 aromatic heterocycles. The molecule has 16 heavy (non-hydrogen) atoms. The smallest absolute Gasteiger partial charge is 0.329 e. The molecule has 0 aliphatic carbocycles. The highest BCUT2D eigenvalue weighted by Crippen LogP contribution is 2.08. The Labute approximate surface area is 97.3 Å². The van der Waals surface area contributed by atoms with Crippen LogP contribution in [0.2, 0.25) is 0 Å². The highest BCUT2D eigenvalue weighted by atomic mass is 32.1. The number of ether oxygens (including phenoxy) is 1. The van der Waals surface area contributed by atoms with Crippen LogP contribution in [0.25, 0.3) is 0 Å². The van der Waals surface area contributed by atoms with Crippen LogP contribution in [0, 0.1) is 0 Å². The average molecular weight is 243 g/mol. The maximum atomic E-state index is 11.5. The van der Waals surface area contributed by atoms with Crippen molar-refractivity contribution in [1.29, 1.82) is 0 Å². The first-order valence-electron chi connectivity index (χ1n) is 4.64. The Balaban J connectivity index is 2.28. The Morgan fingerprint density at radius 2 is 2.25 bits per heavy atom. The number of carbonyl (C=O) groups is 2. The van der Waals surface area contributed by atoms with Gasteiger partial charge in [0.15, 0.2) is 0 Å². The van der Waals surface area contributed by atoms with Gasteiger partial charge in [0.05, 0.1) is 0 Å². The van der Waals surface area contributed by atoms with Crippen LogP contribution >= 0.6 is 11.3 Å². The molecule has 0 unspecified atom stereocenters. The van der Waals surface area contributed by atoms with E-state index < -0.39 is 12.6 Å². The molecule has 1 heterocycles. The number of aliphatic carboxylic acids is 1. The van der Waals surface area contributed by atoms with E-state index >= 15 is 0 Å². The van der Waals surface area contributed by atoms with E-state index in [0.717, 1.165) is 5.56 Å². The molecule has 1 N–H and O–H groups in total. The molecule has 0 radical (unpaired) electrons. The van der Waals surface area contributed by atoms with E-state index in [1.165, 1.54) is 4.90 Å². The highest BCUT2D eigenvalue weighted by Gasteiger charge is 2.10. The number of hydrogen-bond acceptors (Lipinski definition) is 4. The molecule has 0 atom stereocenters. The van der Waals surface area contributed by atoms with Crippen LogP contribution in [0.15, 0.2) is 16.8 Å². The summed E-state index contributed by atoms with van der Waals surface area (Å²) in [4.78, 5) is 23.1. The summed E-state index contributed by atoms with van der Waals surface area (Å²) in [6, 6.07) is 1.94. The van der Waals surface area contributed by atoms with Crippen molar-refractivity contribution in [3.63, 3.8) is 0 Å². The Bertz CT molecular complexity index is 350. The van der Waals surface area contributed by atoms with Crippen LogP contribution in [0.1, 0.15) is 5.56 Å². The second-order valence-electron chi connectivity index (χ2n) is 3.27. The molecule has 0 saturated heterocycles. The SMILES string of the molecule is CN(Cc1ccsc1)C(=O)COCC(=O)O. The van der Waals surface area contributed by atoms with E-state index in [2.05, 4.69) is 0 Å². The molecule has 88 valence electrons. The van der Waals surface area contributed by atoms with Crippen molar-refractivity contribution in [3.05, 3.63) is 22.4 Å². The molecule has 0 saturated carbocycles. The number of carbonyl (C=O) groups excluding carboxylic acids is 1. The van der Waals surface area contributed by atoms with Gasteiger partial charge >= 0.3 is 5.97 Å². The maximum absolute atomic E-state index is 11.5. The molecule has 0 spiro atoms. The first kappa shape index (κ1) is 12.7. The van der Waals surface area contributed by atoms with Crippen molar-refractivity contribution in [2.24, 2.45) is 0 Å². The van der Waals surface area contributed by atoms with Crippen molar-refractivity contribution in [1.82, 2.24) is 4.90 Å². The largest absolute Gasteiger partial charge is 0.480 e. The molecule has 1 rings (SSSR count). The highest BCUT2D eigenvalue weighted by molar-refractivity contribution is 7.07. The van der Waals surface area contributed by atoms with Crippen molar-refractivity contribution < 1.29 is 19.4 Å². The molecular formula is C10H13NO4S. The Morgan fingerprint density at radius 3 is 2.81 bits per heavy atom. The van der Waals surface area contributed by atoms with Gasteiger partial charge in [-0.25, -0.2) is 4.79 Å². The number of hydrogen-bond donors (Lipinski definition) is 1. The summed E-state index contributed by atoms with van der Waals surface area (Å²) < 4.78 is 4.71. The van der Waals surface area contributed by atoms with Gasteiger partial charge in [0, 0.05) is 13.6 Å². The van der Waals surface area contributed by atoms with E-state index in [9.17, 15) is 9.59 Å². The molecule has 0 bridgehead atoms. The maximum Gasteiger partial charge on any atom is 0.329 e. The monoisotopic (exact) mass is 243 g/mol. The number of amides is 1. The lowest BCUT2D eigenvalue weighted by molar-refractivity contribution is -0.145. The van der Waals surface area contributed by atoms with Gasteiger partial charge in [0.1, 0.15) is 13.2 Å². The van der Waals surface area contributed by atoms with Gasteiger partial charge in [-0.1, -0.05) is 0 Å². The van der Waals surface area contributed by atoms with E-state index in [-0.39, 0.29) is 12.5 Å². The number of carboxylic acid groups (broad SMARTS) is 1. The van der Waals surface area contributed by atoms with E-state index in [0.29, 0.717) is 6.54 Å². The Hall–Kier alpha value is -1.40. The number of likely N-dealkylation sites (N-methyl/N-ethyl adjacent to an activating group) is 1. The van der Waals surface area contributed by atoms with Gasteiger partial charge in [-0.05, 0) is 22.4 Å². The fraction of sp³-hybridized carbons (Fsp3) is 0.400. The lowest BCUT2D eigenvalue weighted by Gasteiger charge is -2.15. The molecule has 1 amide bonds. The normalized spacial score (nSPS) is 10.1.